The lowest BCUT2D eigenvalue weighted by Crippen LogP contribution is -2.14. The van der Waals surface area contributed by atoms with Crippen LogP contribution in [0.25, 0.3) is 0 Å². The van der Waals surface area contributed by atoms with Crippen molar-refractivity contribution in [1.82, 2.24) is 10.2 Å². The van der Waals surface area contributed by atoms with Gasteiger partial charge in [-0.25, -0.2) is 0 Å². The van der Waals surface area contributed by atoms with E-state index in [1.54, 1.807) is 0 Å². The molecule has 1 rings (SSSR count). The maximum atomic E-state index is 10.2. The van der Waals surface area contributed by atoms with Crippen molar-refractivity contribution in [1.29, 1.82) is 0 Å². The summed E-state index contributed by atoms with van der Waals surface area (Å²) in [7, 11) is 0. The maximum Gasteiger partial charge on any atom is 0.342 e. The molecule has 4 N–H and O–H groups in total. The third-order valence-corrected chi connectivity index (χ3v) is 1.36. The molecule has 0 aliphatic heterocycles. The molecule has 7 nitrogen and oxygen atoms in total. The van der Waals surface area contributed by atoms with E-state index in [4.69, 9.17) is 10.8 Å². The first-order valence-corrected chi connectivity index (χ1v) is 3.21. The molecule has 0 bridgehead atoms. The first kappa shape index (κ1) is 8.62. The summed E-state index contributed by atoms with van der Waals surface area (Å²) in [5.41, 5.74) is 5.63. The zero-order chi connectivity index (χ0) is 9.14. The number of aliphatic hydroxyl groups excluding tert-OH is 1. The van der Waals surface area contributed by atoms with Gasteiger partial charge in [0.05, 0.1) is 18.7 Å². The standard InChI is InChI=1S/C5H8N4O3/c6-3(2-10)4-1-5(8-7-4)9(11)12/h1,3,10H,2,6H2,(H,7,8). The predicted molar refractivity (Wildman–Crippen MR) is 39.3 cm³/mol. The minimum atomic E-state index is -0.671. The molecule has 0 amide bonds. The number of hydrogen-bond donors (Lipinski definition) is 3. The summed E-state index contributed by atoms with van der Waals surface area (Å²) < 4.78 is 0. The molecule has 0 aliphatic carbocycles. The average Bonchev–Trinajstić information content (AvgIpc) is 2.51. The molecule has 0 fully saturated rings. The number of H-pyrrole nitrogens is 1. The molecule has 0 aliphatic rings. The van der Waals surface area contributed by atoms with Gasteiger partial charge in [0.25, 0.3) is 0 Å². The summed E-state index contributed by atoms with van der Waals surface area (Å²) in [6, 6.07) is 0.524. The fourth-order valence-electron chi connectivity index (χ4n) is 0.703. The second-order valence-electron chi connectivity index (χ2n) is 2.22. The van der Waals surface area contributed by atoms with E-state index in [0.29, 0.717) is 0 Å². The molecule has 1 heterocycles. The van der Waals surface area contributed by atoms with Crippen molar-refractivity contribution >= 4 is 5.82 Å². The van der Waals surface area contributed by atoms with Crippen LogP contribution in [0.1, 0.15) is 11.7 Å². The SMILES string of the molecule is NC(CO)c1cc([N+](=O)[O-])[nH]n1. The normalized spacial score (nSPS) is 12.8. The number of nitrogens with one attached hydrogen (secondary N) is 1. The van der Waals surface area contributed by atoms with Crippen molar-refractivity contribution in [2.45, 2.75) is 6.04 Å². The van der Waals surface area contributed by atoms with E-state index in [1.165, 1.54) is 6.07 Å². The Kier molecular flexibility index (Phi) is 2.36. The van der Waals surface area contributed by atoms with Gasteiger partial charge in [0.15, 0.2) is 0 Å². The Morgan fingerprint density at radius 1 is 1.92 bits per heavy atom. The van der Waals surface area contributed by atoms with Gasteiger partial charge < -0.3 is 21.0 Å². The van der Waals surface area contributed by atoms with E-state index >= 15 is 0 Å². The van der Waals surface area contributed by atoms with Gasteiger partial charge in [0.1, 0.15) is 5.69 Å². The van der Waals surface area contributed by atoms with Crippen LogP contribution in [0.2, 0.25) is 0 Å². The van der Waals surface area contributed by atoms with Gasteiger partial charge >= 0.3 is 5.82 Å². The fraction of sp³-hybridized carbons (Fsp3) is 0.400. The van der Waals surface area contributed by atoms with Crippen LogP contribution >= 0.6 is 0 Å². The summed E-state index contributed by atoms with van der Waals surface area (Å²) >= 11 is 0. The molecule has 1 atom stereocenters. The molecule has 0 saturated heterocycles. The lowest BCUT2D eigenvalue weighted by atomic mass is 10.2. The Morgan fingerprint density at radius 2 is 2.58 bits per heavy atom. The van der Waals surface area contributed by atoms with Crippen LogP contribution in [-0.2, 0) is 0 Å². The topological polar surface area (TPSA) is 118 Å². The van der Waals surface area contributed by atoms with Crippen LogP contribution < -0.4 is 5.73 Å². The third kappa shape index (κ3) is 1.57. The van der Waals surface area contributed by atoms with Crippen molar-refractivity contribution in [3.8, 4) is 0 Å². The molecule has 0 spiro atoms. The lowest BCUT2D eigenvalue weighted by Gasteiger charge is -1.99. The fourth-order valence-corrected chi connectivity index (χ4v) is 0.703. The highest BCUT2D eigenvalue weighted by molar-refractivity contribution is 5.22. The maximum absolute atomic E-state index is 10.2. The Labute approximate surface area is 67.3 Å². The number of rotatable bonds is 3. The summed E-state index contributed by atoms with van der Waals surface area (Å²) in [6.07, 6.45) is 0. The van der Waals surface area contributed by atoms with E-state index in [0.717, 1.165) is 0 Å². The van der Waals surface area contributed by atoms with Crippen molar-refractivity contribution in [2.24, 2.45) is 5.73 Å². The monoisotopic (exact) mass is 172 g/mol. The first-order chi connectivity index (χ1) is 5.65. The van der Waals surface area contributed by atoms with Crippen LogP contribution in [0.4, 0.5) is 5.82 Å². The van der Waals surface area contributed by atoms with Crippen molar-refractivity contribution in [3.63, 3.8) is 0 Å². The first-order valence-electron chi connectivity index (χ1n) is 3.21. The molecule has 66 valence electrons. The second kappa shape index (κ2) is 3.28. The largest absolute Gasteiger partial charge is 0.394 e. The number of nitro groups is 1. The molecule has 1 aromatic rings. The highest BCUT2D eigenvalue weighted by atomic mass is 16.6. The van der Waals surface area contributed by atoms with E-state index in [-0.39, 0.29) is 18.1 Å². The Hall–Kier alpha value is -1.47. The Bertz CT molecular complexity index is 284. The molecule has 0 radical (unpaired) electrons. The highest BCUT2D eigenvalue weighted by Gasteiger charge is 2.14. The van der Waals surface area contributed by atoms with Gasteiger partial charge in [-0.2, -0.15) is 0 Å². The van der Waals surface area contributed by atoms with Crippen LogP contribution in [0.15, 0.2) is 6.07 Å². The van der Waals surface area contributed by atoms with Crippen LogP contribution in [0.3, 0.4) is 0 Å². The quantitative estimate of drug-likeness (QED) is 0.412. The van der Waals surface area contributed by atoms with Gasteiger partial charge in [-0.15, -0.1) is 5.10 Å². The molecule has 0 saturated carbocycles. The van der Waals surface area contributed by atoms with E-state index < -0.39 is 11.0 Å². The van der Waals surface area contributed by atoms with Gasteiger partial charge in [-0.1, -0.05) is 5.10 Å². The van der Waals surface area contributed by atoms with Crippen LogP contribution in [-0.4, -0.2) is 26.8 Å². The number of nitrogens with two attached hydrogens (primary N) is 1. The minimum absolute atomic E-state index is 0.228. The lowest BCUT2D eigenvalue weighted by molar-refractivity contribution is -0.389. The summed E-state index contributed by atoms with van der Waals surface area (Å²) in [4.78, 5) is 9.55. The molecule has 0 aromatic carbocycles. The number of nitrogens with zero attached hydrogens (tertiary/aromatic N) is 2. The average molecular weight is 172 g/mol. The number of aliphatic hydroxyl groups is 1. The van der Waals surface area contributed by atoms with E-state index in [1.807, 2.05) is 0 Å². The van der Waals surface area contributed by atoms with Crippen molar-refractivity contribution in [3.05, 3.63) is 21.9 Å². The predicted octanol–water partition coefficient (Wildman–Crippen LogP) is -0.690. The smallest absolute Gasteiger partial charge is 0.342 e. The van der Waals surface area contributed by atoms with Crippen molar-refractivity contribution < 1.29 is 10.0 Å². The zero-order valence-electron chi connectivity index (χ0n) is 6.10. The molecule has 1 aromatic heterocycles. The highest BCUT2D eigenvalue weighted by Crippen LogP contribution is 2.12. The second-order valence-corrected chi connectivity index (χ2v) is 2.22. The Balaban J connectivity index is 2.84. The van der Waals surface area contributed by atoms with E-state index in [2.05, 4.69) is 10.2 Å². The number of aromatic amines is 1. The molecular formula is C5H8N4O3. The third-order valence-electron chi connectivity index (χ3n) is 1.36. The minimum Gasteiger partial charge on any atom is -0.394 e. The number of aromatic nitrogens is 2. The molecule has 7 heteroatoms. The van der Waals surface area contributed by atoms with Crippen molar-refractivity contribution in [2.75, 3.05) is 6.61 Å². The molecule has 1 unspecified atom stereocenters. The Morgan fingerprint density at radius 3 is 3.00 bits per heavy atom. The summed E-state index contributed by atoms with van der Waals surface area (Å²) in [6.45, 7) is -0.290. The summed E-state index contributed by atoms with van der Waals surface area (Å²) in [5, 5.41) is 24.5. The van der Waals surface area contributed by atoms with Gasteiger partial charge in [0, 0.05) is 0 Å². The summed E-state index contributed by atoms with van der Waals surface area (Å²) in [5.74, 6) is -0.228. The van der Waals surface area contributed by atoms with Gasteiger partial charge in [-0.3, -0.25) is 0 Å². The molecule has 12 heavy (non-hydrogen) atoms. The van der Waals surface area contributed by atoms with Crippen LogP contribution in [0, 0.1) is 10.1 Å². The van der Waals surface area contributed by atoms with Gasteiger partial charge in [0.2, 0.25) is 0 Å². The van der Waals surface area contributed by atoms with Gasteiger partial charge in [-0.05, 0) is 4.92 Å². The molecular weight excluding hydrogens is 164 g/mol. The zero-order valence-corrected chi connectivity index (χ0v) is 6.10. The van der Waals surface area contributed by atoms with Crippen LogP contribution in [0.5, 0.6) is 0 Å². The van der Waals surface area contributed by atoms with E-state index in [9.17, 15) is 10.1 Å². The number of hydrogen-bond acceptors (Lipinski definition) is 5.